The van der Waals surface area contributed by atoms with Crippen LogP contribution in [0.1, 0.15) is 59.8 Å². The lowest BCUT2D eigenvalue weighted by Crippen LogP contribution is -2.36. The Morgan fingerprint density at radius 3 is 2.47 bits per heavy atom. The lowest BCUT2D eigenvalue weighted by Gasteiger charge is -2.42. The lowest BCUT2D eigenvalue weighted by atomic mass is 9.64. The molecular weight excluding hydrogens is 250 g/mol. The van der Waals surface area contributed by atoms with E-state index in [2.05, 4.69) is 39.3 Å². The molecule has 0 aromatic rings. The van der Waals surface area contributed by atoms with Gasteiger partial charge < -0.3 is 5.32 Å². The van der Waals surface area contributed by atoms with Crippen LogP contribution in [0.2, 0.25) is 0 Å². The first-order valence-electron chi connectivity index (χ1n) is 8.18. The highest BCUT2D eigenvalue weighted by atomic mass is 32.2. The fraction of sp³-hybridized carbons (Fsp3) is 1.00. The Bertz CT molecular complexity index is 234. The third-order valence-electron chi connectivity index (χ3n) is 4.94. The van der Waals surface area contributed by atoms with E-state index in [1.54, 1.807) is 0 Å². The van der Waals surface area contributed by atoms with Crippen LogP contribution in [0.15, 0.2) is 0 Å². The van der Waals surface area contributed by atoms with E-state index in [-0.39, 0.29) is 0 Å². The highest BCUT2D eigenvalue weighted by Crippen LogP contribution is 2.44. The molecule has 0 aliphatic heterocycles. The van der Waals surface area contributed by atoms with E-state index in [0.29, 0.717) is 5.41 Å². The van der Waals surface area contributed by atoms with Crippen molar-refractivity contribution in [3.63, 3.8) is 0 Å². The molecule has 0 heterocycles. The fourth-order valence-electron chi connectivity index (χ4n) is 3.56. The first kappa shape index (κ1) is 17.4. The molecule has 19 heavy (non-hydrogen) atoms. The van der Waals surface area contributed by atoms with Crippen molar-refractivity contribution in [2.75, 3.05) is 25.1 Å². The van der Waals surface area contributed by atoms with E-state index in [9.17, 15) is 0 Å². The molecule has 3 unspecified atom stereocenters. The van der Waals surface area contributed by atoms with Gasteiger partial charge in [0.25, 0.3) is 0 Å². The van der Waals surface area contributed by atoms with Crippen molar-refractivity contribution in [1.29, 1.82) is 0 Å². The summed E-state index contributed by atoms with van der Waals surface area (Å²) in [4.78, 5) is 0. The highest BCUT2D eigenvalue weighted by molar-refractivity contribution is 7.98. The van der Waals surface area contributed by atoms with Gasteiger partial charge in [-0.2, -0.15) is 11.8 Å². The van der Waals surface area contributed by atoms with Crippen LogP contribution >= 0.6 is 11.8 Å². The number of hydrogen-bond donors (Lipinski definition) is 1. The van der Waals surface area contributed by atoms with Crippen molar-refractivity contribution in [2.45, 2.75) is 59.8 Å². The van der Waals surface area contributed by atoms with Crippen molar-refractivity contribution in [3.05, 3.63) is 0 Å². The van der Waals surface area contributed by atoms with Crippen LogP contribution in [0.4, 0.5) is 0 Å². The minimum Gasteiger partial charge on any atom is -0.317 e. The first-order valence-corrected chi connectivity index (χ1v) is 9.58. The van der Waals surface area contributed by atoms with E-state index < -0.39 is 0 Å². The summed E-state index contributed by atoms with van der Waals surface area (Å²) in [5.41, 5.74) is 0.501. The van der Waals surface area contributed by atoms with Crippen molar-refractivity contribution in [1.82, 2.24) is 5.32 Å². The molecule has 0 radical (unpaired) electrons. The highest BCUT2D eigenvalue weighted by Gasteiger charge is 2.35. The SMILES string of the molecule is CCNCC1CCC(C(C)(C)C)CC1CCCSC. The minimum absolute atomic E-state index is 0.501. The van der Waals surface area contributed by atoms with Crippen molar-refractivity contribution < 1.29 is 0 Å². The molecule has 0 spiro atoms. The maximum Gasteiger partial charge on any atom is -0.00180 e. The zero-order valence-electron chi connectivity index (χ0n) is 13.8. The van der Waals surface area contributed by atoms with Gasteiger partial charge in [-0.1, -0.05) is 27.7 Å². The normalized spacial score (nSPS) is 28.6. The molecule has 1 fully saturated rings. The van der Waals surface area contributed by atoms with Crippen molar-refractivity contribution >= 4 is 11.8 Å². The van der Waals surface area contributed by atoms with Crippen LogP contribution in [0.25, 0.3) is 0 Å². The molecule has 1 nitrogen and oxygen atoms in total. The number of nitrogens with one attached hydrogen (secondary N) is 1. The van der Waals surface area contributed by atoms with Gasteiger partial charge in [-0.3, -0.25) is 0 Å². The molecule has 0 aromatic carbocycles. The Morgan fingerprint density at radius 2 is 1.89 bits per heavy atom. The van der Waals surface area contributed by atoms with Crippen LogP contribution in [0.3, 0.4) is 0 Å². The average Bonchev–Trinajstić information content (AvgIpc) is 2.36. The van der Waals surface area contributed by atoms with Gasteiger partial charge in [0, 0.05) is 0 Å². The molecule has 0 saturated heterocycles. The zero-order valence-corrected chi connectivity index (χ0v) is 14.6. The molecular formula is C17H35NS. The molecule has 3 atom stereocenters. The molecule has 0 amide bonds. The van der Waals surface area contributed by atoms with Gasteiger partial charge >= 0.3 is 0 Å². The molecule has 1 saturated carbocycles. The largest absolute Gasteiger partial charge is 0.317 e. The molecule has 0 aromatic heterocycles. The summed E-state index contributed by atoms with van der Waals surface area (Å²) in [7, 11) is 0. The predicted octanol–water partition coefficient (Wildman–Crippen LogP) is 4.82. The number of thioether (sulfide) groups is 1. The topological polar surface area (TPSA) is 12.0 Å². The Balaban J connectivity index is 2.52. The smallest absolute Gasteiger partial charge is 0.00180 e. The summed E-state index contributed by atoms with van der Waals surface area (Å²) in [5.74, 6) is 4.17. The number of hydrogen-bond acceptors (Lipinski definition) is 2. The standard InChI is InChI=1S/C17H35NS/c1-6-18-13-15-9-10-16(17(2,3)4)12-14(15)8-7-11-19-5/h14-16,18H,6-13H2,1-5H3. The third kappa shape index (κ3) is 6.08. The predicted molar refractivity (Wildman–Crippen MR) is 89.9 cm³/mol. The van der Waals surface area contributed by atoms with Crippen LogP contribution in [0, 0.1) is 23.2 Å². The Labute approximate surface area is 125 Å². The van der Waals surface area contributed by atoms with Gasteiger partial charge in [-0.05, 0) is 80.4 Å². The van der Waals surface area contributed by atoms with Gasteiger partial charge in [-0.15, -0.1) is 0 Å². The van der Waals surface area contributed by atoms with Crippen LogP contribution in [-0.4, -0.2) is 25.1 Å². The van der Waals surface area contributed by atoms with E-state index in [1.165, 1.54) is 44.4 Å². The molecule has 0 bridgehead atoms. The molecule has 114 valence electrons. The molecule has 1 aliphatic carbocycles. The Hall–Kier alpha value is 0.310. The summed E-state index contributed by atoms with van der Waals surface area (Å²) in [6.07, 6.45) is 9.44. The van der Waals surface area contributed by atoms with Gasteiger partial charge in [0.15, 0.2) is 0 Å². The minimum atomic E-state index is 0.501. The second-order valence-corrected chi connectivity index (χ2v) is 8.32. The summed E-state index contributed by atoms with van der Waals surface area (Å²) in [5, 5.41) is 3.59. The Kier molecular flexibility index (Phi) is 7.83. The van der Waals surface area contributed by atoms with Crippen molar-refractivity contribution in [3.8, 4) is 0 Å². The molecule has 2 heteroatoms. The summed E-state index contributed by atoms with van der Waals surface area (Å²) in [6.45, 7) is 11.9. The van der Waals surface area contributed by atoms with Crippen molar-refractivity contribution in [2.24, 2.45) is 23.2 Å². The molecule has 1 N–H and O–H groups in total. The maximum atomic E-state index is 3.59. The lowest BCUT2D eigenvalue weighted by molar-refractivity contribution is 0.0925. The Morgan fingerprint density at radius 1 is 1.16 bits per heavy atom. The van der Waals surface area contributed by atoms with E-state index in [4.69, 9.17) is 0 Å². The monoisotopic (exact) mass is 285 g/mol. The van der Waals surface area contributed by atoms with Gasteiger partial charge in [-0.25, -0.2) is 0 Å². The second-order valence-electron chi connectivity index (χ2n) is 7.34. The maximum absolute atomic E-state index is 3.59. The van der Waals surface area contributed by atoms with Crippen LogP contribution in [0.5, 0.6) is 0 Å². The molecule has 1 rings (SSSR count). The van der Waals surface area contributed by atoms with E-state index >= 15 is 0 Å². The fourth-order valence-corrected chi connectivity index (χ4v) is 4.01. The second kappa shape index (κ2) is 8.56. The van der Waals surface area contributed by atoms with Gasteiger partial charge in [0.2, 0.25) is 0 Å². The summed E-state index contributed by atoms with van der Waals surface area (Å²) >= 11 is 2.00. The number of rotatable bonds is 7. The zero-order chi connectivity index (χ0) is 14.3. The van der Waals surface area contributed by atoms with Gasteiger partial charge in [0.05, 0.1) is 0 Å². The van der Waals surface area contributed by atoms with Crippen LogP contribution < -0.4 is 5.32 Å². The quantitative estimate of drug-likeness (QED) is 0.673. The van der Waals surface area contributed by atoms with E-state index in [0.717, 1.165) is 24.3 Å². The first-order chi connectivity index (χ1) is 8.99. The average molecular weight is 286 g/mol. The third-order valence-corrected chi connectivity index (χ3v) is 5.64. The van der Waals surface area contributed by atoms with E-state index in [1.807, 2.05) is 11.8 Å². The van der Waals surface area contributed by atoms with Gasteiger partial charge in [0.1, 0.15) is 0 Å². The summed E-state index contributed by atoms with van der Waals surface area (Å²) < 4.78 is 0. The summed E-state index contributed by atoms with van der Waals surface area (Å²) in [6, 6.07) is 0. The molecule has 1 aliphatic rings. The van der Waals surface area contributed by atoms with Crippen LogP contribution in [-0.2, 0) is 0 Å².